The van der Waals surface area contributed by atoms with Crippen molar-refractivity contribution in [2.24, 2.45) is 11.7 Å². The maximum atomic E-state index is 5.56. The van der Waals surface area contributed by atoms with Crippen LogP contribution < -0.4 is 11.1 Å². The zero-order valence-corrected chi connectivity index (χ0v) is 10.7. The molecule has 5 heteroatoms. The Kier molecular flexibility index (Phi) is 3.91. The van der Waals surface area contributed by atoms with Crippen molar-refractivity contribution in [1.82, 2.24) is 4.98 Å². The van der Waals surface area contributed by atoms with Crippen LogP contribution in [0.5, 0.6) is 0 Å². The fraction of sp³-hybridized carbons (Fsp3) is 0.500. The fourth-order valence-electron chi connectivity index (χ4n) is 1.98. The number of thiocarbonyl (C=S) groups is 1. The van der Waals surface area contributed by atoms with Gasteiger partial charge in [0.05, 0.1) is 12.3 Å². The minimum atomic E-state index is 0.325. The van der Waals surface area contributed by atoms with E-state index in [0.717, 1.165) is 25.3 Å². The molecule has 2 heterocycles. The van der Waals surface area contributed by atoms with E-state index >= 15 is 0 Å². The number of nitrogens with one attached hydrogen (secondary N) is 1. The van der Waals surface area contributed by atoms with E-state index in [-0.39, 0.29) is 0 Å². The second kappa shape index (κ2) is 5.42. The van der Waals surface area contributed by atoms with Crippen LogP contribution in [-0.4, -0.2) is 29.2 Å². The molecule has 1 aromatic rings. The predicted molar refractivity (Wildman–Crippen MR) is 72.1 cm³/mol. The molecule has 4 nitrogen and oxygen atoms in total. The number of aromatic nitrogens is 1. The van der Waals surface area contributed by atoms with Crippen molar-refractivity contribution in [1.29, 1.82) is 0 Å². The number of pyridine rings is 1. The third kappa shape index (κ3) is 3.14. The molecule has 1 aromatic heterocycles. The molecule has 2 atom stereocenters. The van der Waals surface area contributed by atoms with Gasteiger partial charge in [-0.05, 0) is 25.5 Å². The van der Waals surface area contributed by atoms with E-state index in [1.54, 1.807) is 6.20 Å². The first-order valence-corrected chi connectivity index (χ1v) is 6.18. The monoisotopic (exact) mass is 251 g/mol. The maximum absolute atomic E-state index is 5.56. The maximum Gasteiger partial charge on any atom is 0.122 e. The molecule has 0 aromatic carbocycles. The number of hydrogen-bond acceptors (Lipinski definition) is 4. The summed E-state index contributed by atoms with van der Waals surface area (Å²) in [7, 11) is 0. The lowest BCUT2D eigenvalue weighted by Crippen LogP contribution is -2.26. The molecule has 0 saturated carbocycles. The van der Waals surface area contributed by atoms with E-state index in [9.17, 15) is 0 Å². The first-order valence-electron chi connectivity index (χ1n) is 5.77. The summed E-state index contributed by atoms with van der Waals surface area (Å²) in [5, 5.41) is 3.44. The average Bonchev–Trinajstić information content (AvgIpc) is 2.82. The van der Waals surface area contributed by atoms with Crippen molar-refractivity contribution in [2.45, 2.75) is 19.4 Å². The molecule has 0 aliphatic carbocycles. The molecule has 0 radical (unpaired) electrons. The van der Waals surface area contributed by atoms with E-state index in [1.807, 2.05) is 12.1 Å². The number of nitrogens with two attached hydrogens (primary N) is 1. The van der Waals surface area contributed by atoms with Gasteiger partial charge < -0.3 is 15.8 Å². The Morgan fingerprint density at radius 2 is 2.53 bits per heavy atom. The van der Waals surface area contributed by atoms with Gasteiger partial charge in [-0.15, -0.1) is 0 Å². The van der Waals surface area contributed by atoms with Gasteiger partial charge in [0.1, 0.15) is 4.99 Å². The van der Waals surface area contributed by atoms with Gasteiger partial charge in [0.15, 0.2) is 0 Å². The summed E-state index contributed by atoms with van der Waals surface area (Å²) in [6.07, 6.45) is 2.83. The molecular weight excluding hydrogens is 234 g/mol. The summed E-state index contributed by atoms with van der Waals surface area (Å²) in [6, 6.07) is 4.18. The van der Waals surface area contributed by atoms with Crippen LogP contribution >= 0.6 is 12.2 Å². The molecule has 1 fully saturated rings. The van der Waals surface area contributed by atoms with Crippen LogP contribution in [0.1, 0.15) is 19.0 Å². The van der Waals surface area contributed by atoms with Gasteiger partial charge in [0.2, 0.25) is 0 Å². The van der Waals surface area contributed by atoms with E-state index in [2.05, 4.69) is 17.2 Å². The molecule has 17 heavy (non-hydrogen) atoms. The van der Waals surface area contributed by atoms with Gasteiger partial charge in [-0.3, -0.25) is 4.98 Å². The average molecular weight is 251 g/mol. The fourth-order valence-corrected chi connectivity index (χ4v) is 2.09. The first-order chi connectivity index (χ1) is 8.16. The molecule has 92 valence electrons. The quantitative estimate of drug-likeness (QED) is 0.795. The molecular formula is C12H17N3OS. The molecule has 0 amide bonds. The molecule has 0 spiro atoms. The minimum Gasteiger partial charge on any atom is -0.388 e. The summed E-state index contributed by atoms with van der Waals surface area (Å²) in [5.41, 5.74) is 7.21. The molecule has 0 bridgehead atoms. The van der Waals surface area contributed by atoms with Crippen molar-refractivity contribution in [3.63, 3.8) is 0 Å². The van der Waals surface area contributed by atoms with Crippen molar-refractivity contribution in [2.75, 3.05) is 18.5 Å². The van der Waals surface area contributed by atoms with Gasteiger partial charge in [-0.2, -0.15) is 0 Å². The normalized spacial score (nSPS) is 21.1. The lowest BCUT2D eigenvalue weighted by atomic mass is 10.0. The van der Waals surface area contributed by atoms with Gasteiger partial charge in [0.25, 0.3) is 0 Å². The molecule has 3 N–H and O–H groups in total. The van der Waals surface area contributed by atoms with E-state index < -0.39 is 0 Å². The van der Waals surface area contributed by atoms with Crippen LogP contribution in [0, 0.1) is 5.92 Å². The zero-order valence-electron chi connectivity index (χ0n) is 9.85. The summed E-state index contributed by atoms with van der Waals surface area (Å²) >= 11 is 4.91. The van der Waals surface area contributed by atoms with Gasteiger partial charge in [-0.1, -0.05) is 12.2 Å². The van der Waals surface area contributed by atoms with Crippen molar-refractivity contribution >= 4 is 22.9 Å². The first kappa shape index (κ1) is 12.3. The van der Waals surface area contributed by atoms with Crippen molar-refractivity contribution in [3.05, 3.63) is 24.0 Å². The summed E-state index contributed by atoms with van der Waals surface area (Å²) in [5.74, 6) is 0.566. The van der Waals surface area contributed by atoms with Crippen LogP contribution in [0.2, 0.25) is 0 Å². The Hall–Kier alpha value is -1.20. The Balaban J connectivity index is 2.02. The van der Waals surface area contributed by atoms with E-state index in [4.69, 9.17) is 22.7 Å². The van der Waals surface area contributed by atoms with Crippen LogP contribution in [0.15, 0.2) is 18.3 Å². The van der Waals surface area contributed by atoms with Crippen molar-refractivity contribution in [3.8, 4) is 0 Å². The van der Waals surface area contributed by atoms with E-state index in [0.29, 0.717) is 22.6 Å². The highest BCUT2D eigenvalue weighted by atomic mass is 32.1. The van der Waals surface area contributed by atoms with Gasteiger partial charge >= 0.3 is 0 Å². The topological polar surface area (TPSA) is 60.2 Å². The largest absolute Gasteiger partial charge is 0.388 e. The Labute approximate surface area is 107 Å². The second-order valence-corrected chi connectivity index (χ2v) is 4.79. The highest BCUT2D eigenvalue weighted by Gasteiger charge is 2.22. The SMILES string of the molecule is CC(Nc1ccnc(C(N)=S)c1)C1CCOC1. The van der Waals surface area contributed by atoms with Gasteiger partial charge in [-0.25, -0.2) is 0 Å². The minimum absolute atomic E-state index is 0.325. The Morgan fingerprint density at radius 3 is 3.18 bits per heavy atom. The van der Waals surface area contributed by atoms with Crippen LogP contribution in [0.3, 0.4) is 0 Å². The smallest absolute Gasteiger partial charge is 0.122 e. The molecule has 1 aliphatic heterocycles. The third-order valence-electron chi connectivity index (χ3n) is 3.08. The summed E-state index contributed by atoms with van der Waals surface area (Å²) < 4.78 is 5.38. The molecule has 1 aliphatic rings. The number of rotatable bonds is 4. The second-order valence-electron chi connectivity index (χ2n) is 4.35. The molecule has 2 unspecified atom stereocenters. The standard InChI is InChI=1S/C12H17N3OS/c1-8(9-3-5-16-7-9)15-10-2-4-14-11(6-10)12(13)17/h2,4,6,8-9H,3,5,7H2,1H3,(H2,13,17)(H,14,15). The number of hydrogen-bond donors (Lipinski definition) is 2. The summed E-state index contributed by atoms with van der Waals surface area (Å²) in [4.78, 5) is 4.44. The third-order valence-corrected chi connectivity index (χ3v) is 3.29. The molecule has 1 saturated heterocycles. The Morgan fingerprint density at radius 1 is 1.71 bits per heavy atom. The number of anilines is 1. The van der Waals surface area contributed by atoms with Crippen LogP contribution in [0.4, 0.5) is 5.69 Å². The van der Waals surface area contributed by atoms with Gasteiger partial charge in [0, 0.05) is 30.5 Å². The number of nitrogens with zero attached hydrogens (tertiary/aromatic N) is 1. The zero-order chi connectivity index (χ0) is 12.3. The summed E-state index contributed by atoms with van der Waals surface area (Å²) in [6.45, 7) is 3.87. The highest BCUT2D eigenvalue weighted by molar-refractivity contribution is 7.80. The van der Waals surface area contributed by atoms with Crippen LogP contribution in [0.25, 0.3) is 0 Å². The number of ether oxygens (including phenoxy) is 1. The van der Waals surface area contributed by atoms with E-state index in [1.165, 1.54) is 0 Å². The Bertz CT molecular complexity index is 404. The van der Waals surface area contributed by atoms with Crippen molar-refractivity contribution < 1.29 is 4.74 Å². The molecule has 2 rings (SSSR count). The predicted octanol–water partition coefficient (Wildman–Crippen LogP) is 1.55. The lowest BCUT2D eigenvalue weighted by Gasteiger charge is -2.20. The lowest BCUT2D eigenvalue weighted by molar-refractivity contribution is 0.183. The van der Waals surface area contributed by atoms with Crippen LogP contribution in [-0.2, 0) is 4.74 Å². The highest BCUT2D eigenvalue weighted by Crippen LogP contribution is 2.20.